The van der Waals surface area contributed by atoms with E-state index >= 15 is 0 Å². The molecule has 5 heteroatoms. The van der Waals surface area contributed by atoms with E-state index in [2.05, 4.69) is 5.32 Å². The fourth-order valence-electron chi connectivity index (χ4n) is 3.59. The molecule has 0 fully saturated rings. The molecule has 172 valence electrons. The lowest BCUT2D eigenvalue weighted by molar-refractivity contribution is -0.140. The van der Waals surface area contributed by atoms with E-state index in [0.717, 1.165) is 22.4 Å². The molecular formula is C28H32N2O3. The van der Waals surface area contributed by atoms with Gasteiger partial charge in [0.15, 0.2) is 0 Å². The lowest BCUT2D eigenvalue weighted by Gasteiger charge is -2.29. The summed E-state index contributed by atoms with van der Waals surface area (Å²) >= 11 is 0. The number of rotatable bonds is 10. The number of methoxy groups -OCH3 is 1. The first-order valence-corrected chi connectivity index (χ1v) is 11.3. The Bertz CT molecular complexity index is 1030. The van der Waals surface area contributed by atoms with Crippen molar-refractivity contribution in [1.82, 2.24) is 10.2 Å². The van der Waals surface area contributed by atoms with Crippen molar-refractivity contribution in [2.24, 2.45) is 0 Å². The SMILES string of the molecule is COc1ccc(CN(C(=O)CCc2ccccc2)C(C)C(=O)NCc2ccc(C)cc2)cc1. The number of benzene rings is 3. The third-order valence-corrected chi connectivity index (χ3v) is 5.74. The van der Waals surface area contributed by atoms with Crippen LogP contribution in [0.3, 0.4) is 0 Å². The molecule has 3 rings (SSSR count). The second kappa shape index (κ2) is 11.9. The zero-order valence-electron chi connectivity index (χ0n) is 19.6. The number of amides is 2. The van der Waals surface area contributed by atoms with Crippen molar-refractivity contribution in [3.63, 3.8) is 0 Å². The van der Waals surface area contributed by atoms with Crippen LogP contribution in [0, 0.1) is 6.92 Å². The number of ether oxygens (including phenoxy) is 1. The van der Waals surface area contributed by atoms with E-state index in [1.807, 2.05) is 85.8 Å². The minimum atomic E-state index is -0.596. The molecule has 1 N–H and O–H groups in total. The van der Waals surface area contributed by atoms with Gasteiger partial charge in [-0.15, -0.1) is 0 Å². The molecule has 0 saturated heterocycles. The van der Waals surface area contributed by atoms with E-state index < -0.39 is 6.04 Å². The zero-order chi connectivity index (χ0) is 23.6. The first kappa shape index (κ1) is 24.1. The molecule has 33 heavy (non-hydrogen) atoms. The minimum Gasteiger partial charge on any atom is -0.497 e. The highest BCUT2D eigenvalue weighted by atomic mass is 16.5. The van der Waals surface area contributed by atoms with Gasteiger partial charge in [0.25, 0.3) is 0 Å². The van der Waals surface area contributed by atoms with E-state index in [-0.39, 0.29) is 11.8 Å². The van der Waals surface area contributed by atoms with Crippen LogP contribution < -0.4 is 10.1 Å². The summed E-state index contributed by atoms with van der Waals surface area (Å²) in [5, 5.41) is 2.98. The number of nitrogens with one attached hydrogen (secondary N) is 1. The summed E-state index contributed by atoms with van der Waals surface area (Å²) in [4.78, 5) is 27.9. The van der Waals surface area contributed by atoms with Gasteiger partial charge in [-0.1, -0.05) is 72.3 Å². The molecule has 2 amide bonds. The van der Waals surface area contributed by atoms with Crippen LogP contribution in [0.2, 0.25) is 0 Å². The molecule has 1 unspecified atom stereocenters. The molecule has 0 heterocycles. The summed E-state index contributed by atoms with van der Waals surface area (Å²) in [5.74, 6) is 0.536. The summed E-state index contributed by atoms with van der Waals surface area (Å²) in [6.45, 7) is 4.60. The molecule has 0 bridgehead atoms. The van der Waals surface area contributed by atoms with Gasteiger partial charge in [-0.25, -0.2) is 0 Å². The molecule has 0 aliphatic rings. The van der Waals surface area contributed by atoms with Crippen molar-refractivity contribution in [2.75, 3.05) is 7.11 Å². The van der Waals surface area contributed by atoms with Gasteiger partial charge < -0.3 is 15.0 Å². The smallest absolute Gasteiger partial charge is 0.242 e. The Morgan fingerprint density at radius 2 is 1.52 bits per heavy atom. The van der Waals surface area contributed by atoms with Crippen LogP contribution in [0.4, 0.5) is 0 Å². The molecule has 3 aromatic carbocycles. The van der Waals surface area contributed by atoms with Crippen LogP contribution >= 0.6 is 0 Å². The van der Waals surface area contributed by atoms with Crippen molar-refractivity contribution in [3.8, 4) is 5.75 Å². The maximum atomic E-state index is 13.2. The third-order valence-electron chi connectivity index (χ3n) is 5.74. The van der Waals surface area contributed by atoms with Crippen LogP contribution in [-0.2, 0) is 29.1 Å². The van der Waals surface area contributed by atoms with E-state index in [1.165, 1.54) is 5.56 Å². The summed E-state index contributed by atoms with van der Waals surface area (Å²) in [5.41, 5.74) is 4.25. The number of carbonyl (C=O) groups is 2. The average Bonchev–Trinajstić information content (AvgIpc) is 2.86. The molecule has 0 radical (unpaired) electrons. The largest absolute Gasteiger partial charge is 0.497 e. The van der Waals surface area contributed by atoms with Gasteiger partial charge in [-0.3, -0.25) is 9.59 Å². The Labute approximate surface area is 196 Å². The molecule has 0 saturated carbocycles. The van der Waals surface area contributed by atoms with E-state index in [1.54, 1.807) is 18.9 Å². The van der Waals surface area contributed by atoms with Crippen molar-refractivity contribution in [2.45, 2.75) is 45.8 Å². The number of aryl methyl sites for hydroxylation is 2. The number of hydrogen-bond donors (Lipinski definition) is 1. The van der Waals surface area contributed by atoms with Gasteiger partial charge >= 0.3 is 0 Å². The van der Waals surface area contributed by atoms with Crippen molar-refractivity contribution < 1.29 is 14.3 Å². The topological polar surface area (TPSA) is 58.6 Å². The van der Waals surface area contributed by atoms with Crippen molar-refractivity contribution >= 4 is 11.8 Å². The highest BCUT2D eigenvalue weighted by molar-refractivity contribution is 5.87. The second-order valence-electron chi connectivity index (χ2n) is 8.23. The molecule has 0 aromatic heterocycles. The van der Waals surface area contributed by atoms with E-state index in [0.29, 0.717) is 25.9 Å². The van der Waals surface area contributed by atoms with Gasteiger partial charge in [0.1, 0.15) is 11.8 Å². The normalized spacial score (nSPS) is 11.5. The summed E-state index contributed by atoms with van der Waals surface area (Å²) in [6.07, 6.45) is 0.978. The number of hydrogen-bond acceptors (Lipinski definition) is 3. The predicted octanol–water partition coefficient (Wildman–Crippen LogP) is 4.67. The zero-order valence-corrected chi connectivity index (χ0v) is 19.6. The van der Waals surface area contributed by atoms with Crippen LogP contribution in [0.15, 0.2) is 78.9 Å². The van der Waals surface area contributed by atoms with E-state index in [9.17, 15) is 9.59 Å². The summed E-state index contributed by atoms with van der Waals surface area (Å²) < 4.78 is 5.23. The summed E-state index contributed by atoms with van der Waals surface area (Å²) in [7, 11) is 1.62. The number of nitrogens with zero attached hydrogens (tertiary/aromatic N) is 1. The fourth-order valence-corrected chi connectivity index (χ4v) is 3.59. The number of carbonyl (C=O) groups excluding carboxylic acids is 2. The predicted molar refractivity (Wildman–Crippen MR) is 131 cm³/mol. The Hall–Kier alpha value is -3.60. The Kier molecular flexibility index (Phi) is 8.64. The second-order valence-corrected chi connectivity index (χ2v) is 8.23. The maximum Gasteiger partial charge on any atom is 0.242 e. The van der Waals surface area contributed by atoms with Gasteiger partial charge in [-0.2, -0.15) is 0 Å². The molecular weight excluding hydrogens is 412 g/mol. The molecule has 0 aliphatic heterocycles. The molecule has 1 atom stereocenters. The highest BCUT2D eigenvalue weighted by Gasteiger charge is 2.25. The standard InChI is InChI=1S/C28H32N2O3/c1-21-9-11-24(12-10-21)19-29-28(32)22(2)30(20-25-13-16-26(33-3)17-14-25)27(31)18-15-23-7-5-4-6-8-23/h4-14,16-17,22H,15,18-20H2,1-3H3,(H,29,32). The highest BCUT2D eigenvalue weighted by Crippen LogP contribution is 2.16. The Balaban J connectivity index is 1.69. The quantitative estimate of drug-likeness (QED) is 0.494. The van der Waals surface area contributed by atoms with Crippen LogP contribution in [-0.4, -0.2) is 29.9 Å². The van der Waals surface area contributed by atoms with Crippen molar-refractivity contribution in [1.29, 1.82) is 0 Å². The summed E-state index contributed by atoms with van der Waals surface area (Å²) in [6, 6.07) is 24.9. The van der Waals surface area contributed by atoms with Gasteiger partial charge in [-0.05, 0) is 49.1 Å². The lowest BCUT2D eigenvalue weighted by Crippen LogP contribution is -2.47. The Morgan fingerprint density at radius 3 is 2.15 bits per heavy atom. The van der Waals surface area contributed by atoms with Crippen LogP contribution in [0.25, 0.3) is 0 Å². The first-order valence-electron chi connectivity index (χ1n) is 11.3. The molecule has 0 spiro atoms. The molecule has 5 nitrogen and oxygen atoms in total. The van der Waals surface area contributed by atoms with Gasteiger partial charge in [0.05, 0.1) is 7.11 Å². The average molecular weight is 445 g/mol. The van der Waals surface area contributed by atoms with E-state index in [4.69, 9.17) is 4.74 Å². The molecule has 3 aromatic rings. The van der Waals surface area contributed by atoms with Gasteiger partial charge in [0.2, 0.25) is 11.8 Å². The van der Waals surface area contributed by atoms with Crippen LogP contribution in [0.5, 0.6) is 5.75 Å². The molecule has 0 aliphatic carbocycles. The Morgan fingerprint density at radius 1 is 0.879 bits per heavy atom. The third kappa shape index (κ3) is 7.21. The monoisotopic (exact) mass is 444 g/mol. The minimum absolute atomic E-state index is 0.0485. The van der Waals surface area contributed by atoms with Gasteiger partial charge in [0, 0.05) is 19.5 Å². The lowest BCUT2D eigenvalue weighted by atomic mass is 10.1. The first-order chi connectivity index (χ1) is 16.0. The van der Waals surface area contributed by atoms with Crippen LogP contribution in [0.1, 0.15) is 35.6 Å². The van der Waals surface area contributed by atoms with Crippen molar-refractivity contribution in [3.05, 3.63) is 101 Å². The fraction of sp³-hybridized carbons (Fsp3) is 0.286. The maximum absolute atomic E-state index is 13.2.